The number of hydrogen-bond donors (Lipinski definition) is 0. The maximum Gasteiger partial charge on any atom is 0.235 e. The van der Waals surface area contributed by atoms with Gasteiger partial charge in [-0.1, -0.05) is 50.2 Å². The Morgan fingerprint density at radius 2 is 1.64 bits per heavy atom. The molecule has 5 nitrogen and oxygen atoms in total. The second-order valence-electron chi connectivity index (χ2n) is 8.05. The lowest BCUT2D eigenvalue weighted by molar-refractivity contribution is -0.134. The van der Waals surface area contributed by atoms with Gasteiger partial charge >= 0.3 is 0 Å². The van der Waals surface area contributed by atoms with Crippen LogP contribution in [0.1, 0.15) is 37.3 Å². The Labute approximate surface area is 166 Å². The SMILES string of the molecule is CC(C)CN(C(=O)C1c2ccccc2Oc2ccccc21)[C@@H]1CCS(=O)(=O)C1. The number of benzene rings is 2. The molecule has 148 valence electrons. The Morgan fingerprint density at radius 3 is 2.14 bits per heavy atom. The molecule has 0 spiro atoms. The second kappa shape index (κ2) is 7.24. The van der Waals surface area contributed by atoms with Crippen LogP contribution in [0, 0.1) is 5.92 Å². The maximum absolute atomic E-state index is 13.8. The first-order chi connectivity index (χ1) is 13.4. The third-order valence-corrected chi connectivity index (χ3v) is 7.17. The standard InChI is InChI=1S/C22H25NO4S/c1-15(2)13-23(16-11-12-28(25,26)14-16)22(24)21-17-7-3-5-9-19(17)27-20-10-6-4-8-18(20)21/h3-10,15-16,21H,11-14H2,1-2H3/t16-/m1/s1. The Balaban J connectivity index is 1.77. The van der Waals surface area contributed by atoms with Gasteiger partial charge in [0, 0.05) is 23.7 Å². The molecule has 0 aliphatic carbocycles. The van der Waals surface area contributed by atoms with E-state index in [1.54, 1.807) is 4.90 Å². The third-order valence-electron chi connectivity index (χ3n) is 5.42. The van der Waals surface area contributed by atoms with Gasteiger partial charge in [0.25, 0.3) is 0 Å². The molecule has 0 saturated carbocycles. The van der Waals surface area contributed by atoms with Crippen LogP contribution in [0.2, 0.25) is 0 Å². The summed E-state index contributed by atoms with van der Waals surface area (Å²) in [6.07, 6.45) is 0.507. The molecule has 6 heteroatoms. The average Bonchev–Trinajstić information content (AvgIpc) is 3.03. The number of nitrogens with zero attached hydrogens (tertiary/aromatic N) is 1. The second-order valence-corrected chi connectivity index (χ2v) is 10.3. The highest BCUT2D eigenvalue weighted by Crippen LogP contribution is 2.45. The van der Waals surface area contributed by atoms with E-state index in [1.807, 2.05) is 48.5 Å². The summed E-state index contributed by atoms with van der Waals surface area (Å²) in [5.41, 5.74) is 1.67. The van der Waals surface area contributed by atoms with Crippen LogP contribution in [0.4, 0.5) is 0 Å². The Morgan fingerprint density at radius 1 is 1.07 bits per heavy atom. The van der Waals surface area contributed by atoms with Gasteiger partial charge in [0.05, 0.1) is 17.4 Å². The van der Waals surface area contributed by atoms with Crippen molar-refractivity contribution in [3.63, 3.8) is 0 Å². The molecule has 0 radical (unpaired) electrons. The van der Waals surface area contributed by atoms with Crippen molar-refractivity contribution in [1.29, 1.82) is 0 Å². The monoisotopic (exact) mass is 399 g/mol. The number of carbonyl (C=O) groups excluding carboxylic acids is 1. The number of ether oxygens (including phenoxy) is 1. The molecule has 1 saturated heterocycles. The van der Waals surface area contributed by atoms with Crippen molar-refractivity contribution in [1.82, 2.24) is 4.90 Å². The largest absolute Gasteiger partial charge is 0.457 e. The summed E-state index contributed by atoms with van der Waals surface area (Å²) < 4.78 is 30.1. The fraction of sp³-hybridized carbons (Fsp3) is 0.409. The zero-order valence-corrected chi connectivity index (χ0v) is 17.0. The first-order valence-corrected chi connectivity index (χ1v) is 11.5. The van der Waals surface area contributed by atoms with Crippen LogP contribution in [0.25, 0.3) is 0 Å². The van der Waals surface area contributed by atoms with Crippen LogP contribution >= 0.6 is 0 Å². The zero-order valence-electron chi connectivity index (χ0n) is 16.2. The van der Waals surface area contributed by atoms with Crippen LogP contribution in [0.3, 0.4) is 0 Å². The van der Waals surface area contributed by atoms with Crippen molar-refractivity contribution in [2.45, 2.75) is 32.2 Å². The van der Waals surface area contributed by atoms with Gasteiger partial charge in [-0.2, -0.15) is 0 Å². The van der Waals surface area contributed by atoms with E-state index in [0.29, 0.717) is 24.5 Å². The van der Waals surface area contributed by atoms with Gasteiger partial charge in [-0.05, 0) is 24.5 Å². The van der Waals surface area contributed by atoms with Gasteiger partial charge < -0.3 is 9.64 Å². The third kappa shape index (κ3) is 3.53. The molecule has 0 bridgehead atoms. The number of carbonyl (C=O) groups is 1. The van der Waals surface area contributed by atoms with Gasteiger partial charge in [-0.15, -0.1) is 0 Å². The average molecular weight is 400 g/mol. The molecule has 2 aromatic carbocycles. The van der Waals surface area contributed by atoms with E-state index in [1.165, 1.54) is 0 Å². The lowest BCUT2D eigenvalue weighted by Crippen LogP contribution is -2.46. The number of hydrogen-bond acceptors (Lipinski definition) is 4. The normalized spacial score (nSPS) is 20.3. The van der Waals surface area contributed by atoms with Gasteiger partial charge in [-0.25, -0.2) is 8.42 Å². The number of amides is 1. The molecular formula is C22H25NO4S. The van der Waals surface area contributed by atoms with E-state index in [9.17, 15) is 13.2 Å². The van der Waals surface area contributed by atoms with Crippen LogP contribution in [0.15, 0.2) is 48.5 Å². The summed E-state index contributed by atoms with van der Waals surface area (Å²) in [6.45, 7) is 4.64. The summed E-state index contributed by atoms with van der Waals surface area (Å²) in [5.74, 6) is 1.30. The molecule has 0 unspecified atom stereocenters. The number of rotatable bonds is 4. The highest BCUT2D eigenvalue weighted by atomic mass is 32.2. The lowest BCUT2D eigenvalue weighted by atomic mass is 9.86. The van der Waals surface area contributed by atoms with Crippen molar-refractivity contribution in [3.05, 3.63) is 59.7 Å². The van der Waals surface area contributed by atoms with Crippen LogP contribution in [0.5, 0.6) is 11.5 Å². The molecule has 2 heterocycles. The van der Waals surface area contributed by atoms with Crippen LogP contribution in [-0.2, 0) is 14.6 Å². The zero-order chi connectivity index (χ0) is 19.9. The summed E-state index contributed by atoms with van der Waals surface area (Å²) in [4.78, 5) is 15.6. The van der Waals surface area contributed by atoms with E-state index in [0.717, 1.165) is 11.1 Å². The Hall–Kier alpha value is -2.34. The van der Waals surface area contributed by atoms with E-state index in [4.69, 9.17) is 4.74 Å². The van der Waals surface area contributed by atoms with Crippen molar-refractivity contribution in [2.24, 2.45) is 5.92 Å². The summed E-state index contributed by atoms with van der Waals surface area (Å²) >= 11 is 0. The minimum atomic E-state index is -3.08. The fourth-order valence-electron chi connectivity index (χ4n) is 4.18. The molecule has 1 atom stereocenters. The van der Waals surface area contributed by atoms with Crippen molar-refractivity contribution < 1.29 is 17.9 Å². The molecule has 0 aromatic heterocycles. The summed E-state index contributed by atoms with van der Waals surface area (Å²) in [5, 5.41) is 0. The van der Waals surface area contributed by atoms with E-state index in [-0.39, 0.29) is 29.4 Å². The molecule has 2 aliphatic heterocycles. The topological polar surface area (TPSA) is 63.7 Å². The van der Waals surface area contributed by atoms with Gasteiger partial charge in [-0.3, -0.25) is 4.79 Å². The van der Waals surface area contributed by atoms with E-state index < -0.39 is 15.8 Å². The van der Waals surface area contributed by atoms with E-state index in [2.05, 4.69) is 13.8 Å². The first kappa shape index (κ1) is 19.0. The number of fused-ring (bicyclic) bond motifs is 2. The first-order valence-electron chi connectivity index (χ1n) is 9.72. The Bertz CT molecular complexity index is 954. The maximum atomic E-state index is 13.8. The predicted molar refractivity (Wildman–Crippen MR) is 108 cm³/mol. The summed E-state index contributed by atoms with van der Waals surface area (Å²) in [6, 6.07) is 14.9. The van der Waals surface area contributed by atoms with E-state index >= 15 is 0 Å². The predicted octanol–water partition coefficient (Wildman–Crippen LogP) is 3.60. The van der Waals surface area contributed by atoms with Crippen molar-refractivity contribution in [3.8, 4) is 11.5 Å². The molecule has 2 aromatic rings. The smallest absolute Gasteiger partial charge is 0.235 e. The highest BCUT2D eigenvalue weighted by molar-refractivity contribution is 7.91. The van der Waals surface area contributed by atoms with Crippen molar-refractivity contribution in [2.75, 3.05) is 18.1 Å². The molecule has 1 amide bonds. The summed E-state index contributed by atoms with van der Waals surface area (Å²) in [7, 11) is -3.08. The fourth-order valence-corrected chi connectivity index (χ4v) is 5.91. The molecule has 2 aliphatic rings. The van der Waals surface area contributed by atoms with Crippen LogP contribution < -0.4 is 4.74 Å². The number of sulfone groups is 1. The van der Waals surface area contributed by atoms with Crippen LogP contribution in [-0.4, -0.2) is 43.3 Å². The molecule has 4 rings (SSSR count). The Kier molecular flexibility index (Phi) is 4.91. The number of para-hydroxylation sites is 2. The molecule has 28 heavy (non-hydrogen) atoms. The molecule has 1 fully saturated rings. The minimum absolute atomic E-state index is 0.0426. The van der Waals surface area contributed by atoms with Gasteiger partial charge in [0.1, 0.15) is 11.5 Å². The molecule has 0 N–H and O–H groups in total. The molecular weight excluding hydrogens is 374 g/mol. The minimum Gasteiger partial charge on any atom is -0.457 e. The van der Waals surface area contributed by atoms with Crippen molar-refractivity contribution >= 4 is 15.7 Å². The van der Waals surface area contributed by atoms with Gasteiger partial charge in [0.2, 0.25) is 5.91 Å². The quantitative estimate of drug-likeness (QED) is 0.788. The highest BCUT2D eigenvalue weighted by Gasteiger charge is 2.40. The lowest BCUT2D eigenvalue weighted by Gasteiger charge is -2.35. The van der Waals surface area contributed by atoms with Gasteiger partial charge in [0.15, 0.2) is 9.84 Å².